The third kappa shape index (κ3) is 5.72. The minimum atomic E-state index is -0.812. The van der Waals surface area contributed by atoms with Crippen LogP contribution in [0.15, 0.2) is 24.3 Å². The van der Waals surface area contributed by atoms with E-state index in [9.17, 15) is 14.3 Å². The maximum absolute atomic E-state index is 13.0. The highest BCUT2D eigenvalue weighted by atomic mass is 35.5. The van der Waals surface area contributed by atoms with E-state index >= 15 is 0 Å². The van der Waals surface area contributed by atoms with Gasteiger partial charge in [-0.15, -0.1) is 12.4 Å². The van der Waals surface area contributed by atoms with E-state index in [1.807, 2.05) is 13.8 Å². The number of carbonyl (C=O) groups is 1. The normalized spacial score (nSPS) is 21.4. The Balaban J connectivity index is 0.00000288. The van der Waals surface area contributed by atoms with Crippen molar-refractivity contribution >= 4 is 18.3 Å². The lowest BCUT2D eigenvalue weighted by molar-refractivity contribution is -0.137. The summed E-state index contributed by atoms with van der Waals surface area (Å²) in [5.41, 5.74) is 6.54. The minimum Gasteiger partial charge on any atom is -0.387 e. The molecule has 1 saturated carbocycles. The Labute approximate surface area is 149 Å². The second kappa shape index (κ2) is 9.35. The number of aliphatic hydroxyl groups excluding tert-OH is 1. The van der Waals surface area contributed by atoms with E-state index in [2.05, 4.69) is 0 Å². The van der Waals surface area contributed by atoms with Crippen molar-refractivity contribution < 1.29 is 14.3 Å². The van der Waals surface area contributed by atoms with Crippen molar-refractivity contribution in [2.75, 3.05) is 13.1 Å². The summed E-state index contributed by atoms with van der Waals surface area (Å²) in [6, 6.07) is 5.87. The molecule has 1 aromatic carbocycles. The maximum Gasteiger partial charge on any atom is 0.225 e. The molecule has 0 spiro atoms. The van der Waals surface area contributed by atoms with Gasteiger partial charge in [0, 0.05) is 18.5 Å². The molecular formula is C18H28ClFN2O2. The smallest absolute Gasteiger partial charge is 0.225 e. The molecule has 0 bridgehead atoms. The van der Waals surface area contributed by atoms with E-state index in [4.69, 9.17) is 5.73 Å². The first-order valence-electron chi connectivity index (χ1n) is 8.34. The standard InChI is InChI=1S/C18H27FN2O2.ClH/c1-12(2)10-21(18(23)14-5-8-16(20)9-14)11-17(22)13-3-6-15(19)7-4-13;/h3-4,6-7,12,14,16-17,22H,5,8-11,20H2,1-2H3;1H. The number of nitrogens with zero attached hydrogens (tertiary/aromatic N) is 1. The quantitative estimate of drug-likeness (QED) is 0.821. The molecule has 2 rings (SSSR count). The zero-order valence-electron chi connectivity index (χ0n) is 14.3. The number of amides is 1. The van der Waals surface area contributed by atoms with Gasteiger partial charge in [0.25, 0.3) is 0 Å². The van der Waals surface area contributed by atoms with Crippen LogP contribution >= 0.6 is 12.4 Å². The fraction of sp³-hybridized carbons (Fsp3) is 0.611. The third-order valence-electron chi connectivity index (χ3n) is 4.37. The summed E-state index contributed by atoms with van der Waals surface area (Å²) in [4.78, 5) is 14.5. The highest BCUT2D eigenvalue weighted by Crippen LogP contribution is 2.27. The zero-order chi connectivity index (χ0) is 17.0. The Morgan fingerprint density at radius 3 is 2.42 bits per heavy atom. The monoisotopic (exact) mass is 358 g/mol. The van der Waals surface area contributed by atoms with Crippen LogP contribution in [0.3, 0.4) is 0 Å². The third-order valence-corrected chi connectivity index (χ3v) is 4.37. The van der Waals surface area contributed by atoms with Crippen molar-refractivity contribution in [3.8, 4) is 0 Å². The number of carbonyl (C=O) groups excluding carboxylic acids is 1. The number of nitrogens with two attached hydrogens (primary N) is 1. The number of rotatable bonds is 6. The van der Waals surface area contributed by atoms with Gasteiger partial charge in [0.05, 0.1) is 12.6 Å². The average Bonchev–Trinajstić information content (AvgIpc) is 2.92. The summed E-state index contributed by atoms with van der Waals surface area (Å²) in [5, 5.41) is 10.4. The molecular weight excluding hydrogens is 331 g/mol. The van der Waals surface area contributed by atoms with Crippen molar-refractivity contribution in [3.05, 3.63) is 35.6 Å². The lowest BCUT2D eigenvalue weighted by atomic mass is 10.0. The first kappa shape index (κ1) is 20.9. The lowest BCUT2D eigenvalue weighted by Gasteiger charge is -2.29. The van der Waals surface area contributed by atoms with E-state index in [-0.39, 0.29) is 42.6 Å². The summed E-state index contributed by atoms with van der Waals surface area (Å²) in [6.45, 7) is 4.92. The molecule has 4 nitrogen and oxygen atoms in total. The molecule has 3 N–H and O–H groups in total. The number of benzene rings is 1. The SMILES string of the molecule is CC(C)CN(CC(O)c1ccc(F)cc1)C(=O)C1CCC(N)C1.Cl. The molecule has 6 heteroatoms. The molecule has 0 radical (unpaired) electrons. The van der Waals surface area contributed by atoms with Crippen LogP contribution in [-0.2, 0) is 4.79 Å². The Kier molecular flexibility index (Phi) is 8.13. The summed E-state index contributed by atoms with van der Waals surface area (Å²) >= 11 is 0. The lowest BCUT2D eigenvalue weighted by Crippen LogP contribution is -2.40. The van der Waals surface area contributed by atoms with Crippen LogP contribution in [0.5, 0.6) is 0 Å². The van der Waals surface area contributed by atoms with Crippen molar-refractivity contribution in [1.82, 2.24) is 4.90 Å². The van der Waals surface area contributed by atoms with Crippen LogP contribution in [0.25, 0.3) is 0 Å². The summed E-state index contributed by atoms with van der Waals surface area (Å²) in [7, 11) is 0. The Hall–Kier alpha value is -1.17. The maximum atomic E-state index is 13.0. The van der Waals surface area contributed by atoms with Gasteiger partial charge in [-0.05, 0) is 42.9 Å². The number of hydrogen-bond donors (Lipinski definition) is 2. The molecule has 0 heterocycles. The highest BCUT2D eigenvalue weighted by molar-refractivity contribution is 5.85. The van der Waals surface area contributed by atoms with Gasteiger partial charge in [0.2, 0.25) is 5.91 Å². The molecule has 0 saturated heterocycles. The number of aliphatic hydroxyl groups is 1. The van der Waals surface area contributed by atoms with E-state index in [1.165, 1.54) is 12.1 Å². The van der Waals surface area contributed by atoms with E-state index in [1.54, 1.807) is 17.0 Å². The molecule has 1 fully saturated rings. The van der Waals surface area contributed by atoms with Crippen LogP contribution < -0.4 is 5.73 Å². The van der Waals surface area contributed by atoms with Crippen LogP contribution in [0.4, 0.5) is 4.39 Å². The predicted octanol–water partition coefficient (Wildman–Crippen LogP) is 2.89. The molecule has 0 aliphatic heterocycles. The van der Waals surface area contributed by atoms with Crippen molar-refractivity contribution in [2.24, 2.45) is 17.6 Å². The topological polar surface area (TPSA) is 66.6 Å². The zero-order valence-corrected chi connectivity index (χ0v) is 15.1. The van der Waals surface area contributed by atoms with Crippen LogP contribution in [0, 0.1) is 17.7 Å². The van der Waals surface area contributed by atoms with Crippen molar-refractivity contribution in [2.45, 2.75) is 45.3 Å². The molecule has 136 valence electrons. The van der Waals surface area contributed by atoms with Crippen LogP contribution in [-0.4, -0.2) is 35.0 Å². The van der Waals surface area contributed by atoms with E-state index in [0.29, 0.717) is 18.0 Å². The first-order valence-corrected chi connectivity index (χ1v) is 8.34. The van der Waals surface area contributed by atoms with Gasteiger partial charge in [-0.25, -0.2) is 4.39 Å². The second-order valence-electron chi connectivity index (χ2n) is 6.97. The molecule has 0 aromatic heterocycles. The van der Waals surface area contributed by atoms with Gasteiger partial charge in [-0.2, -0.15) is 0 Å². The van der Waals surface area contributed by atoms with E-state index in [0.717, 1.165) is 19.3 Å². The van der Waals surface area contributed by atoms with E-state index < -0.39 is 6.10 Å². The van der Waals surface area contributed by atoms with Gasteiger partial charge in [-0.3, -0.25) is 4.79 Å². The number of halogens is 2. The van der Waals surface area contributed by atoms with Crippen LogP contribution in [0.1, 0.15) is 44.8 Å². The molecule has 24 heavy (non-hydrogen) atoms. The second-order valence-corrected chi connectivity index (χ2v) is 6.97. The summed E-state index contributed by atoms with van der Waals surface area (Å²) in [5.74, 6) is 0.0161. The summed E-state index contributed by atoms with van der Waals surface area (Å²) < 4.78 is 13.0. The molecule has 1 amide bonds. The van der Waals surface area contributed by atoms with Gasteiger partial charge >= 0.3 is 0 Å². The minimum absolute atomic E-state index is 0. The average molecular weight is 359 g/mol. The largest absolute Gasteiger partial charge is 0.387 e. The van der Waals surface area contributed by atoms with Gasteiger partial charge in [-0.1, -0.05) is 26.0 Å². The fourth-order valence-electron chi connectivity index (χ4n) is 3.19. The van der Waals surface area contributed by atoms with Crippen molar-refractivity contribution in [1.29, 1.82) is 0 Å². The van der Waals surface area contributed by atoms with Gasteiger partial charge in [0.1, 0.15) is 5.82 Å². The predicted molar refractivity (Wildman–Crippen MR) is 95.3 cm³/mol. The fourth-order valence-corrected chi connectivity index (χ4v) is 3.19. The first-order chi connectivity index (χ1) is 10.9. The molecule has 3 unspecified atom stereocenters. The molecule has 1 aliphatic rings. The number of hydrogen-bond acceptors (Lipinski definition) is 3. The van der Waals surface area contributed by atoms with Crippen molar-refractivity contribution in [3.63, 3.8) is 0 Å². The van der Waals surface area contributed by atoms with Gasteiger partial charge < -0.3 is 15.7 Å². The Bertz CT molecular complexity index is 524. The van der Waals surface area contributed by atoms with Gasteiger partial charge in [0.15, 0.2) is 0 Å². The highest BCUT2D eigenvalue weighted by Gasteiger charge is 2.32. The summed E-state index contributed by atoms with van der Waals surface area (Å²) in [6.07, 6.45) is 1.61. The molecule has 1 aliphatic carbocycles. The molecule has 3 atom stereocenters. The molecule has 1 aromatic rings. The van der Waals surface area contributed by atoms with Crippen LogP contribution in [0.2, 0.25) is 0 Å². The Morgan fingerprint density at radius 2 is 1.92 bits per heavy atom. The Morgan fingerprint density at radius 1 is 1.29 bits per heavy atom.